The van der Waals surface area contributed by atoms with E-state index in [0.29, 0.717) is 16.6 Å². The number of nitrogens with zero attached hydrogens (tertiary/aromatic N) is 2. The van der Waals surface area contributed by atoms with E-state index in [-0.39, 0.29) is 0 Å². The maximum Gasteiger partial charge on any atom is 0.328 e. The molecule has 0 spiro atoms. The molecule has 0 amide bonds. The molecule has 0 saturated heterocycles. The third kappa shape index (κ3) is 2.79. The van der Waals surface area contributed by atoms with Crippen molar-refractivity contribution in [2.75, 3.05) is 7.11 Å². The number of aliphatic hydroxyl groups excluding tert-OH is 1. The van der Waals surface area contributed by atoms with Gasteiger partial charge in [0.2, 0.25) is 0 Å². The van der Waals surface area contributed by atoms with E-state index in [1.165, 1.54) is 18.2 Å². The third-order valence-corrected chi connectivity index (χ3v) is 2.52. The fourth-order valence-electron chi connectivity index (χ4n) is 1.18. The predicted molar refractivity (Wildman–Crippen MR) is 58.8 cm³/mol. The molecule has 0 atom stereocenters. The van der Waals surface area contributed by atoms with E-state index >= 15 is 0 Å². The summed E-state index contributed by atoms with van der Waals surface area (Å²) < 4.78 is 30.2. The first-order valence-corrected chi connectivity index (χ1v) is 5.77. The Morgan fingerprint density at radius 1 is 1.41 bits per heavy atom. The van der Waals surface area contributed by atoms with Gasteiger partial charge in [0.05, 0.1) is 22.7 Å². The van der Waals surface area contributed by atoms with Gasteiger partial charge in [-0.1, -0.05) is 0 Å². The number of nitriles is 1. The van der Waals surface area contributed by atoms with Gasteiger partial charge < -0.3 is 10.1 Å². The highest BCUT2D eigenvalue weighted by Gasteiger charge is 2.14. The molecule has 1 aromatic carbocycles. The van der Waals surface area contributed by atoms with Crippen molar-refractivity contribution in [3.05, 3.63) is 23.8 Å². The molecule has 7 nitrogen and oxygen atoms in total. The second-order valence-corrected chi connectivity index (χ2v) is 4.20. The number of aliphatic hydroxyl groups is 1. The Morgan fingerprint density at radius 2 is 2.06 bits per heavy atom. The van der Waals surface area contributed by atoms with E-state index < -0.39 is 15.3 Å². The van der Waals surface area contributed by atoms with Gasteiger partial charge >= 0.3 is 10.1 Å². The summed E-state index contributed by atoms with van der Waals surface area (Å²) in [6.45, 7) is 0. The van der Waals surface area contributed by atoms with Crippen LogP contribution in [0, 0.1) is 11.3 Å². The minimum Gasteiger partial charge on any atom is -0.400 e. The Kier molecular flexibility index (Phi) is 3.80. The molecule has 17 heavy (non-hydrogen) atoms. The largest absolute Gasteiger partial charge is 0.400 e. The van der Waals surface area contributed by atoms with Crippen LogP contribution in [0.3, 0.4) is 0 Å². The van der Waals surface area contributed by atoms with Crippen LogP contribution in [0.15, 0.2) is 23.4 Å². The zero-order valence-corrected chi connectivity index (χ0v) is 9.56. The van der Waals surface area contributed by atoms with Crippen LogP contribution >= 0.6 is 0 Å². The number of rotatable bonds is 1. The fourth-order valence-corrected chi connectivity index (χ4v) is 1.63. The molecule has 0 unspecified atom stereocenters. The number of imidazole rings is 1. The van der Waals surface area contributed by atoms with Crippen molar-refractivity contribution >= 4 is 21.2 Å². The number of benzene rings is 1. The van der Waals surface area contributed by atoms with Crippen molar-refractivity contribution in [1.29, 1.82) is 5.26 Å². The first-order valence-electron chi connectivity index (χ1n) is 4.33. The molecule has 0 aliphatic rings. The number of aromatic amines is 1. The van der Waals surface area contributed by atoms with Gasteiger partial charge in [0.1, 0.15) is 0 Å². The lowest BCUT2D eigenvalue weighted by Gasteiger charge is -1.87. The third-order valence-electron chi connectivity index (χ3n) is 1.83. The molecule has 1 aromatic heterocycles. The molecule has 0 aliphatic carbocycles. The first kappa shape index (κ1) is 13.1. The van der Waals surface area contributed by atoms with Crippen LogP contribution < -0.4 is 0 Å². The number of fused-ring (bicyclic) bond motifs is 1. The fraction of sp³-hybridized carbons (Fsp3) is 0.111. The molecule has 0 fully saturated rings. The summed E-state index contributed by atoms with van der Waals surface area (Å²) in [6, 6.07) is 6.37. The molecular formula is C9H9N3O4S. The number of aromatic nitrogens is 2. The molecule has 1 heterocycles. The van der Waals surface area contributed by atoms with Gasteiger partial charge in [-0.2, -0.15) is 13.7 Å². The number of hydrogen-bond donors (Lipinski definition) is 3. The molecule has 8 heteroatoms. The molecule has 2 aromatic rings. The summed E-state index contributed by atoms with van der Waals surface area (Å²) in [6.07, 6.45) is 0. The van der Waals surface area contributed by atoms with Crippen molar-refractivity contribution in [2.45, 2.75) is 5.16 Å². The summed E-state index contributed by atoms with van der Waals surface area (Å²) in [4.78, 5) is 6.07. The van der Waals surface area contributed by atoms with Gasteiger partial charge in [0.15, 0.2) is 0 Å². The van der Waals surface area contributed by atoms with Crippen LogP contribution in [0.5, 0.6) is 0 Å². The lowest BCUT2D eigenvalue weighted by molar-refractivity contribution is 0.399. The topological polar surface area (TPSA) is 127 Å². The zero-order valence-electron chi connectivity index (χ0n) is 8.75. The molecule has 90 valence electrons. The summed E-state index contributed by atoms with van der Waals surface area (Å²) in [5, 5.41) is 15.1. The van der Waals surface area contributed by atoms with Gasteiger partial charge in [-0.05, 0) is 18.2 Å². The van der Waals surface area contributed by atoms with Crippen LogP contribution in [0.1, 0.15) is 5.56 Å². The molecule has 0 saturated carbocycles. The second kappa shape index (κ2) is 4.92. The molecule has 0 bridgehead atoms. The van der Waals surface area contributed by atoms with Gasteiger partial charge in [0.25, 0.3) is 5.16 Å². The zero-order chi connectivity index (χ0) is 13.1. The number of nitrogens with one attached hydrogen (secondary N) is 1. The van der Waals surface area contributed by atoms with E-state index in [1.54, 1.807) is 0 Å². The van der Waals surface area contributed by atoms with Crippen LogP contribution in [-0.2, 0) is 10.1 Å². The first-order chi connectivity index (χ1) is 8.00. The average Bonchev–Trinajstić information content (AvgIpc) is 2.74. The van der Waals surface area contributed by atoms with Crippen molar-refractivity contribution in [3.63, 3.8) is 0 Å². The Hall–Kier alpha value is -1.95. The van der Waals surface area contributed by atoms with E-state index in [2.05, 4.69) is 9.97 Å². The molecular weight excluding hydrogens is 246 g/mol. The quantitative estimate of drug-likeness (QED) is 0.628. The molecule has 0 aliphatic heterocycles. The Labute approximate surface area is 97.1 Å². The van der Waals surface area contributed by atoms with E-state index in [9.17, 15) is 8.42 Å². The minimum absolute atomic E-state index is 0.377. The lowest BCUT2D eigenvalue weighted by atomic mass is 10.2. The standard InChI is InChI=1S/C8H5N3O3S.CH4O/c9-4-5-1-2-6-7(3-5)11-8(10-6)15(12,13)14;1-2/h1-3H,(H,10,11)(H,12,13,14);2H,1H3. The van der Waals surface area contributed by atoms with Crippen LogP contribution in [0.2, 0.25) is 0 Å². The Balaban J connectivity index is 0.000000686. The summed E-state index contributed by atoms with van der Waals surface area (Å²) >= 11 is 0. The summed E-state index contributed by atoms with van der Waals surface area (Å²) in [5.74, 6) is 0. The van der Waals surface area contributed by atoms with Crippen LogP contribution in [0.25, 0.3) is 11.0 Å². The van der Waals surface area contributed by atoms with E-state index in [0.717, 1.165) is 7.11 Å². The van der Waals surface area contributed by atoms with Crippen molar-refractivity contribution in [1.82, 2.24) is 9.97 Å². The van der Waals surface area contributed by atoms with E-state index in [4.69, 9.17) is 14.9 Å². The van der Waals surface area contributed by atoms with Gasteiger partial charge in [-0.15, -0.1) is 0 Å². The highest BCUT2D eigenvalue weighted by molar-refractivity contribution is 7.85. The molecule has 0 radical (unpaired) electrons. The smallest absolute Gasteiger partial charge is 0.328 e. The SMILES string of the molecule is CO.N#Cc1ccc2nc(S(=O)(=O)O)[nH]c2c1. The van der Waals surface area contributed by atoms with Crippen molar-refractivity contribution in [2.24, 2.45) is 0 Å². The number of hydrogen-bond acceptors (Lipinski definition) is 5. The van der Waals surface area contributed by atoms with Crippen LogP contribution in [-0.4, -0.2) is 35.2 Å². The van der Waals surface area contributed by atoms with Crippen molar-refractivity contribution < 1.29 is 18.1 Å². The lowest BCUT2D eigenvalue weighted by Crippen LogP contribution is -1.99. The Bertz CT molecular complexity index is 669. The minimum atomic E-state index is -4.33. The van der Waals surface area contributed by atoms with Crippen molar-refractivity contribution in [3.8, 4) is 6.07 Å². The monoisotopic (exact) mass is 255 g/mol. The highest BCUT2D eigenvalue weighted by Crippen LogP contribution is 2.15. The predicted octanol–water partition coefficient (Wildman–Crippen LogP) is 0.290. The van der Waals surface area contributed by atoms with Gasteiger partial charge in [-0.3, -0.25) is 4.55 Å². The average molecular weight is 255 g/mol. The molecule has 2 rings (SSSR count). The second-order valence-electron chi connectivity index (χ2n) is 2.86. The molecule has 3 N–H and O–H groups in total. The summed E-state index contributed by atoms with van der Waals surface area (Å²) in [7, 11) is -3.33. The van der Waals surface area contributed by atoms with Crippen LogP contribution in [0.4, 0.5) is 0 Å². The maximum absolute atomic E-state index is 10.8. The maximum atomic E-state index is 10.8. The number of H-pyrrole nitrogens is 1. The van der Waals surface area contributed by atoms with Gasteiger partial charge in [-0.25, -0.2) is 4.98 Å². The Morgan fingerprint density at radius 3 is 2.59 bits per heavy atom. The van der Waals surface area contributed by atoms with Gasteiger partial charge in [0, 0.05) is 7.11 Å². The van der Waals surface area contributed by atoms with E-state index in [1.807, 2.05) is 6.07 Å². The summed E-state index contributed by atoms with van der Waals surface area (Å²) in [5.41, 5.74) is 1.15. The highest BCUT2D eigenvalue weighted by atomic mass is 32.2. The normalized spacial score (nSPS) is 10.5.